The van der Waals surface area contributed by atoms with Gasteiger partial charge in [-0.1, -0.05) is 13.8 Å². The van der Waals surface area contributed by atoms with Gasteiger partial charge >= 0.3 is 0 Å². The normalized spacial score (nSPS) is 16.6. The molecule has 2 N–H and O–H groups in total. The zero-order valence-electron chi connectivity index (χ0n) is 13.9. The summed E-state index contributed by atoms with van der Waals surface area (Å²) in [4.78, 5) is 28.2. The molecule has 5 nitrogen and oxygen atoms in total. The van der Waals surface area contributed by atoms with E-state index < -0.39 is 6.04 Å². The fourth-order valence-corrected chi connectivity index (χ4v) is 2.66. The average Bonchev–Trinajstić information content (AvgIpc) is 2.53. The maximum Gasteiger partial charge on any atom is 0.254 e. The third-order valence-electron chi connectivity index (χ3n) is 4.30. The van der Waals surface area contributed by atoms with Crippen molar-refractivity contribution in [2.24, 2.45) is 11.7 Å². The second kappa shape index (κ2) is 7.08. The van der Waals surface area contributed by atoms with Crippen molar-refractivity contribution in [2.45, 2.75) is 26.8 Å². The standard InChI is InChI=1S/C17H24FN3O2/c1-11(2)15(19)17(23)21-8-6-20(7-9-21)16(22)14-5-4-13(18)10-12(14)3/h4-5,10-11,15H,6-9,19H2,1-3H3/t15-/m0/s1. The summed E-state index contributed by atoms with van der Waals surface area (Å²) in [5.41, 5.74) is 7.03. The summed E-state index contributed by atoms with van der Waals surface area (Å²) in [5.74, 6) is -0.450. The Morgan fingerprint density at radius 1 is 1.13 bits per heavy atom. The van der Waals surface area contributed by atoms with Gasteiger partial charge in [-0.25, -0.2) is 4.39 Å². The fraction of sp³-hybridized carbons (Fsp3) is 0.529. The molecule has 0 aromatic heterocycles. The van der Waals surface area contributed by atoms with E-state index in [1.54, 1.807) is 16.7 Å². The highest BCUT2D eigenvalue weighted by atomic mass is 19.1. The van der Waals surface area contributed by atoms with Crippen LogP contribution in [0.15, 0.2) is 18.2 Å². The molecule has 6 heteroatoms. The fourth-order valence-electron chi connectivity index (χ4n) is 2.66. The van der Waals surface area contributed by atoms with Crippen molar-refractivity contribution in [2.75, 3.05) is 26.2 Å². The molecule has 0 spiro atoms. The number of hydrogen-bond acceptors (Lipinski definition) is 3. The number of halogens is 1. The van der Waals surface area contributed by atoms with Crippen LogP contribution in [0.25, 0.3) is 0 Å². The molecule has 1 aliphatic heterocycles. The first-order chi connectivity index (χ1) is 10.8. The van der Waals surface area contributed by atoms with E-state index in [1.165, 1.54) is 18.2 Å². The molecular weight excluding hydrogens is 297 g/mol. The van der Waals surface area contributed by atoms with Gasteiger partial charge in [0.25, 0.3) is 5.91 Å². The lowest BCUT2D eigenvalue weighted by Gasteiger charge is -2.36. The molecule has 2 rings (SSSR count). The Morgan fingerprint density at radius 3 is 2.22 bits per heavy atom. The number of carbonyl (C=O) groups excluding carboxylic acids is 2. The molecule has 1 aliphatic rings. The van der Waals surface area contributed by atoms with Crippen molar-refractivity contribution in [3.05, 3.63) is 35.1 Å². The van der Waals surface area contributed by atoms with Gasteiger partial charge in [0.2, 0.25) is 5.91 Å². The predicted molar refractivity (Wildman–Crippen MR) is 86.4 cm³/mol. The predicted octanol–water partition coefficient (Wildman–Crippen LogP) is 1.40. The third kappa shape index (κ3) is 3.88. The Labute approximate surface area is 136 Å². The van der Waals surface area contributed by atoms with Crippen LogP contribution in [0.5, 0.6) is 0 Å². The van der Waals surface area contributed by atoms with E-state index in [4.69, 9.17) is 5.73 Å². The van der Waals surface area contributed by atoms with Crippen LogP contribution in [-0.4, -0.2) is 53.8 Å². The summed E-state index contributed by atoms with van der Waals surface area (Å²) in [6, 6.07) is 3.66. The maximum atomic E-state index is 13.2. The molecular formula is C17H24FN3O2. The zero-order valence-corrected chi connectivity index (χ0v) is 13.9. The molecule has 1 atom stereocenters. The van der Waals surface area contributed by atoms with Gasteiger partial charge in [-0.05, 0) is 36.6 Å². The Kier molecular flexibility index (Phi) is 5.36. The molecule has 0 radical (unpaired) electrons. The molecule has 126 valence electrons. The van der Waals surface area contributed by atoms with Crippen LogP contribution < -0.4 is 5.73 Å². The Hall–Kier alpha value is -1.95. The highest BCUT2D eigenvalue weighted by Crippen LogP contribution is 2.15. The molecule has 0 saturated carbocycles. The maximum absolute atomic E-state index is 13.2. The molecule has 23 heavy (non-hydrogen) atoms. The zero-order chi connectivity index (χ0) is 17.1. The van der Waals surface area contributed by atoms with Gasteiger partial charge < -0.3 is 15.5 Å². The lowest BCUT2D eigenvalue weighted by molar-refractivity contribution is -0.135. The summed E-state index contributed by atoms with van der Waals surface area (Å²) in [6.07, 6.45) is 0. The summed E-state index contributed by atoms with van der Waals surface area (Å²) >= 11 is 0. The summed E-state index contributed by atoms with van der Waals surface area (Å²) in [5, 5.41) is 0. The van der Waals surface area contributed by atoms with Crippen LogP contribution >= 0.6 is 0 Å². The van der Waals surface area contributed by atoms with Crippen LogP contribution in [0.2, 0.25) is 0 Å². The number of benzene rings is 1. The molecule has 0 unspecified atom stereocenters. The summed E-state index contributed by atoms with van der Waals surface area (Å²) in [7, 11) is 0. The number of aryl methyl sites for hydroxylation is 1. The van der Waals surface area contributed by atoms with Crippen molar-refractivity contribution in [1.82, 2.24) is 9.80 Å². The number of amides is 2. The molecule has 1 saturated heterocycles. The highest BCUT2D eigenvalue weighted by molar-refractivity contribution is 5.95. The van der Waals surface area contributed by atoms with Gasteiger partial charge in [-0.3, -0.25) is 9.59 Å². The minimum atomic E-state index is -0.503. The number of rotatable bonds is 3. The number of hydrogen-bond donors (Lipinski definition) is 1. The molecule has 0 aliphatic carbocycles. The minimum absolute atomic E-state index is 0.0648. The highest BCUT2D eigenvalue weighted by Gasteiger charge is 2.29. The van der Waals surface area contributed by atoms with Crippen LogP contribution in [-0.2, 0) is 4.79 Å². The number of carbonyl (C=O) groups is 2. The van der Waals surface area contributed by atoms with Crippen LogP contribution in [0.4, 0.5) is 4.39 Å². The Morgan fingerprint density at radius 2 is 1.70 bits per heavy atom. The van der Waals surface area contributed by atoms with E-state index in [2.05, 4.69) is 0 Å². The summed E-state index contributed by atoms with van der Waals surface area (Å²) < 4.78 is 13.2. The summed E-state index contributed by atoms with van der Waals surface area (Å²) in [6.45, 7) is 7.44. The van der Waals surface area contributed by atoms with Crippen molar-refractivity contribution in [1.29, 1.82) is 0 Å². The van der Waals surface area contributed by atoms with Crippen molar-refractivity contribution in [3.63, 3.8) is 0 Å². The van der Waals surface area contributed by atoms with E-state index in [-0.39, 0.29) is 23.5 Å². The first-order valence-electron chi connectivity index (χ1n) is 7.91. The minimum Gasteiger partial charge on any atom is -0.338 e. The smallest absolute Gasteiger partial charge is 0.254 e. The average molecular weight is 321 g/mol. The molecule has 1 aromatic carbocycles. The second-order valence-electron chi connectivity index (χ2n) is 6.35. The van der Waals surface area contributed by atoms with Crippen LogP contribution in [0.1, 0.15) is 29.8 Å². The van der Waals surface area contributed by atoms with Gasteiger partial charge in [-0.15, -0.1) is 0 Å². The van der Waals surface area contributed by atoms with Gasteiger partial charge in [0, 0.05) is 31.7 Å². The van der Waals surface area contributed by atoms with E-state index >= 15 is 0 Å². The first-order valence-corrected chi connectivity index (χ1v) is 7.91. The molecule has 1 heterocycles. The number of nitrogens with zero attached hydrogens (tertiary/aromatic N) is 2. The Balaban J connectivity index is 1.99. The largest absolute Gasteiger partial charge is 0.338 e. The van der Waals surface area contributed by atoms with Crippen LogP contribution in [0.3, 0.4) is 0 Å². The lowest BCUT2D eigenvalue weighted by Crippen LogP contribution is -2.55. The molecule has 0 bridgehead atoms. The Bertz CT molecular complexity index is 596. The molecule has 1 aromatic rings. The molecule has 2 amide bonds. The first kappa shape index (κ1) is 17.4. The SMILES string of the molecule is Cc1cc(F)ccc1C(=O)N1CCN(C(=O)[C@@H](N)C(C)C)CC1. The third-order valence-corrected chi connectivity index (χ3v) is 4.30. The van der Waals surface area contributed by atoms with E-state index in [1.807, 2.05) is 13.8 Å². The van der Waals surface area contributed by atoms with Crippen molar-refractivity contribution in [3.8, 4) is 0 Å². The lowest BCUT2D eigenvalue weighted by atomic mass is 10.0. The van der Waals surface area contributed by atoms with E-state index in [9.17, 15) is 14.0 Å². The van der Waals surface area contributed by atoms with Crippen molar-refractivity contribution < 1.29 is 14.0 Å². The monoisotopic (exact) mass is 321 g/mol. The van der Waals surface area contributed by atoms with E-state index in [0.717, 1.165) is 0 Å². The number of piperazine rings is 1. The van der Waals surface area contributed by atoms with Crippen LogP contribution in [0, 0.1) is 18.7 Å². The van der Waals surface area contributed by atoms with Gasteiger partial charge in [-0.2, -0.15) is 0 Å². The van der Waals surface area contributed by atoms with Gasteiger partial charge in [0.15, 0.2) is 0 Å². The van der Waals surface area contributed by atoms with E-state index in [0.29, 0.717) is 37.3 Å². The van der Waals surface area contributed by atoms with Gasteiger partial charge in [0.05, 0.1) is 6.04 Å². The molecule has 1 fully saturated rings. The quantitative estimate of drug-likeness (QED) is 0.915. The second-order valence-corrected chi connectivity index (χ2v) is 6.35. The topological polar surface area (TPSA) is 66.6 Å². The van der Waals surface area contributed by atoms with Gasteiger partial charge in [0.1, 0.15) is 5.82 Å². The van der Waals surface area contributed by atoms with Crippen molar-refractivity contribution >= 4 is 11.8 Å². The number of nitrogens with two attached hydrogens (primary N) is 1.